The lowest BCUT2D eigenvalue weighted by Gasteiger charge is -2.16. The van der Waals surface area contributed by atoms with E-state index in [1.165, 1.54) is 46.7 Å². The molecule has 9 nitrogen and oxygen atoms in total. The Morgan fingerprint density at radius 3 is 2.27 bits per heavy atom. The molecule has 0 bridgehead atoms. The number of ether oxygens (including phenoxy) is 3. The maximum atomic E-state index is 12.5. The Bertz CT molecular complexity index is 1030. The van der Waals surface area contributed by atoms with Crippen LogP contribution in [0.3, 0.4) is 0 Å². The van der Waals surface area contributed by atoms with Crippen molar-refractivity contribution in [1.82, 2.24) is 9.73 Å². The normalized spacial score (nSPS) is 11.5. The monoisotopic (exact) mass is 499 g/mol. The van der Waals surface area contributed by atoms with Gasteiger partial charge in [0.15, 0.2) is 11.5 Å². The van der Waals surface area contributed by atoms with Gasteiger partial charge >= 0.3 is 0 Å². The first-order chi connectivity index (χ1) is 14.2. The summed E-state index contributed by atoms with van der Waals surface area (Å²) in [5, 5.41) is 3.87. The van der Waals surface area contributed by atoms with E-state index in [0.717, 1.165) is 8.78 Å². The molecule has 0 saturated carbocycles. The number of methoxy groups -OCH3 is 3. The highest BCUT2D eigenvalue weighted by Crippen LogP contribution is 2.38. The van der Waals surface area contributed by atoms with E-state index in [9.17, 15) is 13.2 Å². The zero-order chi connectivity index (χ0) is 22.3. The Balaban J connectivity index is 2.07. The number of rotatable bonds is 9. The van der Waals surface area contributed by atoms with Gasteiger partial charge in [-0.3, -0.25) is 4.79 Å². The highest BCUT2D eigenvalue weighted by molar-refractivity contribution is 9.10. The molecule has 0 aromatic heterocycles. The van der Waals surface area contributed by atoms with Crippen LogP contribution < -0.4 is 19.6 Å². The second-order valence-electron chi connectivity index (χ2n) is 5.93. The van der Waals surface area contributed by atoms with Gasteiger partial charge in [-0.05, 0) is 36.4 Å². The molecule has 11 heteroatoms. The molecule has 1 N–H and O–H groups in total. The van der Waals surface area contributed by atoms with Crippen molar-refractivity contribution >= 4 is 38.1 Å². The van der Waals surface area contributed by atoms with Crippen molar-refractivity contribution in [2.24, 2.45) is 5.10 Å². The van der Waals surface area contributed by atoms with Crippen LogP contribution in [0.1, 0.15) is 5.56 Å². The smallest absolute Gasteiger partial charge is 0.255 e. The molecular formula is C19H22BrN3O6S. The van der Waals surface area contributed by atoms with Crippen molar-refractivity contribution in [3.05, 3.63) is 46.4 Å². The number of nitrogens with one attached hydrogen (secondary N) is 1. The summed E-state index contributed by atoms with van der Waals surface area (Å²) in [6.07, 6.45) is 1.36. The fourth-order valence-corrected chi connectivity index (χ4v) is 3.90. The number of hydrogen-bond donors (Lipinski definition) is 1. The second kappa shape index (κ2) is 10.4. The van der Waals surface area contributed by atoms with Crippen molar-refractivity contribution in [2.45, 2.75) is 4.90 Å². The van der Waals surface area contributed by atoms with Gasteiger partial charge in [-0.25, -0.2) is 13.8 Å². The zero-order valence-corrected chi connectivity index (χ0v) is 19.3. The summed E-state index contributed by atoms with van der Waals surface area (Å²) >= 11 is 3.25. The van der Waals surface area contributed by atoms with Crippen LogP contribution in [0.25, 0.3) is 0 Å². The predicted octanol–water partition coefficient (Wildman–Crippen LogP) is 2.25. The lowest BCUT2D eigenvalue weighted by molar-refractivity contribution is -0.121. The van der Waals surface area contributed by atoms with Crippen LogP contribution in [0.2, 0.25) is 0 Å². The van der Waals surface area contributed by atoms with E-state index in [0.29, 0.717) is 22.8 Å². The molecule has 30 heavy (non-hydrogen) atoms. The van der Waals surface area contributed by atoms with Gasteiger partial charge in [0.2, 0.25) is 15.8 Å². The third-order valence-corrected chi connectivity index (χ3v) is 6.36. The minimum Gasteiger partial charge on any atom is -0.493 e. The van der Waals surface area contributed by atoms with E-state index in [1.807, 2.05) is 0 Å². The number of carbonyl (C=O) groups is 1. The number of nitrogens with zero attached hydrogens (tertiary/aromatic N) is 2. The average molecular weight is 500 g/mol. The second-order valence-corrected chi connectivity index (χ2v) is 8.89. The maximum absolute atomic E-state index is 12.5. The molecule has 0 aliphatic rings. The minimum atomic E-state index is -3.81. The molecule has 0 radical (unpaired) electrons. The molecular weight excluding hydrogens is 478 g/mol. The van der Waals surface area contributed by atoms with E-state index in [4.69, 9.17) is 14.2 Å². The Morgan fingerprint density at radius 1 is 1.07 bits per heavy atom. The molecule has 0 atom stereocenters. The van der Waals surface area contributed by atoms with E-state index in [1.54, 1.807) is 24.3 Å². The summed E-state index contributed by atoms with van der Waals surface area (Å²) in [6.45, 7) is -0.404. The van der Waals surface area contributed by atoms with E-state index in [-0.39, 0.29) is 4.90 Å². The summed E-state index contributed by atoms with van der Waals surface area (Å²) < 4.78 is 42.6. The molecule has 0 heterocycles. The molecule has 0 aliphatic heterocycles. The van der Waals surface area contributed by atoms with Crippen LogP contribution >= 0.6 is 15.9 Å². The molecule has 2 aromatic rings. The predicted molar refractivity (Wildman–Crippen MR) is 116 cm³/mol. The largest absolute Gasteiger partial charge is 0.493 e. The Kier molecular flexibility index (Phi) is 8.21. The van der Waals surface area contributed by atoms with Crippen molar-refractivity contribution < 1.29 is 27.4 Å². The molecule has 2 aromatic carbocycles. The van der Waals surface area contributed by atoms with Gasteiger partial charge in [-0.15, -0.1) is 0 Å². The molecule has 0 unspecified atom stereocenters. The van der Waals surface area contributed by atoms with Crippen LogP contribution in [0.4, 0.5) is 0 Å². The first-order valence-electron chi connectivity index (χ1n) is 8.57. The SMILES string of the molecule is COc1ccc(/C=N\NC(=O)CN(C)S(=O)(=O)c2ccc(Br)cc2)c(OC)c1OC. The minimum absolute atomic E-state index is 0.0829. The van der Waals surface area contributed by atoms with Crippen LogP contribution in [0.15, 0.2) is 50.9 Å². The van der Waals surface area contributed by atoms with Gasteiger partial charge < -0.3 is 14.2 Å². The van der Waals surface area contributed by atoms with Crippen molar-refractivity contribution in [1.29, 1.82) is 0 Å². The number of hydrazone groups is 1. The van der Waals surface area contributed by atoms with Crippen molar-refractivity contribution in [2.75, 3.05) is 34.9 Å². The Morgan fingerprint density at radius 2 is 1.70 bits per heavy atom. The van der Waals surface area contributed by atoms with Crippen LogP contribution in [-0.4, -0.2) is 59.8 Å². The van der Waals surface area contributed by atoms with Crippen LogP contribution in [-0.2, 0) is 14.8 Å². The first-order valence-corrected chi connectivity index (χ1v) is 10.8. The van der Waals surface area contributed by atoms with Gasteiger partial charge in [0.05, 0.1) is 39.0 Å². The number of likely N-dealkylation sites (N-methyl/N-ethyl adjacent to an activating group) is 1. The number of sulfonamides is 1. The molecule has 0 saturated heterocycles. The molecule has 0 fully saturated rings. The van der Waals surface area contributed by atoms with E-state index in [2.05, 4.69) is 26.5 Å². The quantitative estimate of drug-likeness (QED) is 0.418. The fourth-order valence-electron chi connectivity index (χ4n) is 2.51. The van der Waals surface area contributed by atoms with Crippen molar-refractivity contribution in [3.8, 4) is 17.2 Å². The van der Waals surface area contributed by atoms with E-state index >= 15 is 0 Å². The number of hydrogen-bond acceptors (Lipinski definition) is 7. The Hall–Kier alpha value is -2.63. The number of carbonyl (C=O) groups excluding carboxylic acids is 1. The third kappa shape index (κ3) is 5.49. The number of benzene rings is 2. The molecule has 0 spiro atoms. The summed E-state index contributed by atoms with van der Waals surface area (Å²) in [7, 11) is 1.96. The van der Waals surface area contributed by atoms with Crippen LogP contribution in [0.5, 0.6) is 17.2 Å². The van der Waals surface area contributed by atoms with Crippen molar-refractivity contribution in [3.63, 3.8) is 0 Å². The number of amides is 1. The highest BCUT2D eigenvalue weighted by atomic mass is 79.9. The summed E-state index contributed by atoms with van der Waals surface area (Å²) in [5.41, 5.74) is 2.83. The summed E-state index contributed by atoms with van der Waals surface area (Å²) in [5.74, 6) is 0.643. The average Bonchev–Trinajstić information content (AvgIpc) is 2.73. The van der Waals surface area contributed by atoms with Gasteiger partial charge in [0.25, 0.3) is 5.91 Å². The fraction of sp³-hybridized carbons (Fsp3) is 0.263. The first kappa shape index (κ1) is 23.6. The number of halogens is 1. The van der Waals surface area contributed by atoms with Gasteiger partial charge in [0, 0.05) is 17.1 Å². The highest BCUT2D eigenvalue weighted by Gasteiger charge is 2.22. The third-order valence-electron chi connectivity index (χ3n) is 4.02. The molecule has 0 aliphatic carbocycles. The van der Waals surface area contributed by atoms with E-state index < -0.39 is 22.5 Å². The van der Waals surface area contributed by atoms with Gasteiger partial charge in [-0.2, -0.15) is 9.41 Å². The zero-order valence-electron chi connectivity index (χ0n) is 16.9. The Labute approximate surface area is 183 Å². The molecule has 2 rings (SSSR count). The molecule has 1 amide bonds. The van der Waals surface area contributed by atoms with Gasteiger partial charge in [-0.1, -0.05) is 15.9 Å². The van der Waals surface area contributed by atoms with Gasteiger partial charge in [0.1, 0.15) is 0 Å². The maximum Gasteiger partial charge on any atom is 0.255 e. The lowest BCUT2D eigenvalue weighted by atomic mass is 10.2. The topological polar surface area (TPSA) is 107 Å². The summed E-state index contributed by atoms with van der Waals surface area (Å²) in [6, 6.07) is 9.48. The lowest BCUT2D eigenvalue weighted by Crippen LogP contribution is -2.36. The molecule has 162 valence electrons. The standard InChI is InChI=1S/C19H22BrN3O6S/c1-23(30(25,26)15-8-6-14(20)7-9-15)12-17(24)22-21-11-13-5-10-16(27-2)19(29-4)18(13)28-3/h5-11H,12H2,1-4H3,(H,22,24)/b21-11-. The van der Waals surface area contributed by atoms with Crippen LogP contribution in [0, 0.1) is 0 Å². The summed E-state index contributed by atoms with van der Waals surface area (Å²) in [4.78, 5) is 12.2.